The fraction of sp³-hybridized carbons (Fsp3) is 0.714. The van der Waals surface area contributed by atoms with Gasteiger partial charge in [-0.25, -0.2) is 4.98 Å². The fourth-order valence-electron chi connectivity index (χ4n) is 2.27. The zero-order chi connectivity index (χ0) is 14.2. The number of hydrogen-bond acceptors (Lipinski definition) is 4. The van der Waals surface area contributed by atoms with Crippen molar-refractivity contribution in [2.24, 2.45) is 0 Å². The molecule has 2 rings (SSSR count). The Morgan fingerprint density at radius 1 is 1.55 bits per heavy atom. The van der Waals surface area contributed by atoms with E-state index < -0.39 is 0 Å². The van der Waals surface area contributed by atoms with Gasteiger partial charge in [0.15, 0.2) is 0 Å². The minimum atomic E-state index is 0.177. The molecule has 1 amide bonds. The summed E-state index contributed by atoms with van der Waals surface area (Å²) in [5.74, 6) is 2.46. The molecule has 1 unspecified atom stereocenters. The molecule has 4 nitrogen and oxygen atoms in total. The van der Waals surface area contributed by atoms with Gasteiger partial charge in [0.1, 0.15) is 5.82 Å². The summed E-state index contributed by atoms with van der Waals surface area (Å²) >= 11 is 0. The molecule has 1 aliphatic rings. The summed E-state index contributed by atoms with van der Waals surface area (Å²) in [6, 6.07) is 0. The molecule has 1 atom stereocenters. The highest BCUT2D eigenvalue weighted by Crippen LogP contribution is 2.39. The summed E-state index contributed by atoms with van der Waals surface area (Å²) in [4.78, 5) is 15.9. The van der Waals surface area contributed by atoms with E-state index >= 15 is 0 Å². The number of unbranched alkanes of at least 4 members (excludes halogenated alkanes) is 1. The molecule has 1 fully saturated rings. The zero-order valence-corrected chi connectivity index (χ0v) is 13.6. The van der Waals surface area contributed by atoms with Crippen LogP contribution in [0.3, 0.4) is 0 Å². The largest absolute Gasteiger partial charge is 0.354 e. The van der Waals surface area contributed by atoms with Crippen LogP contribution in [0.1, 0.15) is 37.9 Å². The van der Waals surface area contributed by atoms with E-state index in [2.05, 4.69) is 14.9 Å². The minimum Gasteiger partial charge on any atom is -0.354 e. The lowest BCUT2D eigenvalue weighted by Gasteiger charge is -2.08. The van der Waals surface area contributed by atoms with Gasteiger partial charge < -0.3 is 9.88 Å². The Bertz CT molecular complexity index is 416. The van der Waals surface area contributed by atoms with Crippen molar-refractivity contribution < 1.29 is 4.79 Å². The number of nitrogens with zero attached hydrogens (tertiary/aromatic N) is 2. The number of hydrogen-bond donors (Lipinski definition) is 1. The highest BCUT2D eigenvalue weighted by molar-refractivity contribution is 8.77. The van der Waals surface area contributed by atoms with Crippen molar-refractivity contribution in [2.45, 2.75) is 50.8 Å². The molecule has 1 aromatic heterocycles. The van der Waals surface area contributed by atoms with Crippen molar-refractivity contribution in [3.8, 4) is 0 Å². The molecule has 6 heteroatoms. The quantitative estimate of drug-likeness (QED) is 0.592. The lowest BCUT2D eigenvalue weighted by atomic mass is 10.1. The van der Waals surface area contributed by atoms with Crippen molar-refractivity contribution >= 4 is 27.5 Å². The molecular weight excluding hydrogens is 290 g/mol. The number of carbonyl (C=O) groups is 1. The molecule has 0 radical (unpaired) electrons. The molecule has 0 aromatic carbocycles. The molecule has 0 aliphatic carbocycles. The van der Waals surface area contributed by atoms with Crippen molar-refractivity contribution in [2.75, 3.05) is 12.3 Å². The summed E-state index contributed by atoms with van der Waals surface area (Å²) in [7, 11) is 4.01. The van der Waals surface area contributed by atoms with Crippen molar-refractivity contribution in [3.05, 3.63) is 18.2 Å². The number of aromatic nitrogens is 2. The van der Waals surface area contributed by atoms with Gasteiger partial charge in [-0.1, -0.05) is 28.0 Å². The predicted molar refractivity (Wildman–Crippen MR) is 86.9 cm³/mol. The Labute approximate surface area is 128 Å². The van der Waals surface area contributed by atoms with Crippen molar-refractivity contribution in [1.29, 1.82) is 0 Å². The van der Waals surface area contributed by atoms with Gasteiger partial charge >= 0.3 is 0 Å². The predicted octanol–water partition coefficient (Wildman–Crippen LogP) is 3.02. The van der Waals surface area contributed by atoms with E-state index in [1.54, 1.807) is 6.20 Å². The van der Waals surface area contributed by atoms with Crippen molar-refractivity contribution in [3.63, 3.8) is 0 Å². The van der Waals surface area contributed by atoms with Crippen LogP contribution < -0.4 is 5.32 Å². The second kappa shape index (κ2) is 8.62. The van der Waals surface area contributed by atoms with Gasteiger partial charge in [0.25, 0.3) is 0 Å². The van der Waals surface area contributed by atoms with E-state index in [-0.39, 0.29) is 5.91 Å². The number of aryl methyl sites for hydroxylation is 1. The summed E-state index contributed by atoms with van der Waals surface area (Å²) in [6.45, 7) is 3.46. The monoisotopic (exact) mass is 313 g/mol. The number of nitrogens with one attached hydrogen (secondary N) is 1. The Morgan fingerprint density at radius 3 is 3.15 bits per heavy atom. The average Bonchev–Trinajstić information content (AvgIpc) is 3.07. The van der Waals surface area contributed by atoms with Crippen LogP contribution >= 0.6 is 21.6 Å². The summed E-state index contributed by atoms with van der Waals surface area (Å²) in [5, 5.41) is 3.81. The first-order valence-corrected chi connectivity index (χ1v) is 9.66. The Kier molecular flexibility index (Phi) is 6.79. The molecule has 1 N–H and O–H groups in total. The maximum atomic E-state index is 11.7. The molecule has 112 valence electrons. The minimum absolute atomic E-state index is 0.177. The first-order valence-electron chi connectivity index (χ1n) is 7.28. The third-order valence-corrected chi connectivity index (χ3v) is 6.51. The van der Waals surface area contributed by atoms with Gasteiger partial charge in [-0.3, -0.25) is 4.79 Å². The Hall–Kier alpha value is -0.620. The van der Waals surface area contributed by atoms with Crippen LogP contribution in [0.5, 0.6) is 0 Å². The Morgan fingerprint density at radius 2 is 2.45 bits per heavy atom. The van der Waals surface area contributed by atoms with Crippen LogP contribution in [0, 0.1) is 6.92 Å². The van der Waals surface area contributed by atoms with Crippen LogP contribution in [0.2, 0.25) is 0 Å². The molecule has 2 heterocycles. The highest BCUT2D eigenvalue weighted by atomic mass is 33.1. The molecule has 1 aromatic rings. The molecular formula is C14H23N3OS2. The maximum absolute atomic E-state index is 11.7. The molecule has 0 saturated carbocycles. The topological polar surface area (TPSA) is 46.9 Å². The van der Waals surface area contributed by atoms with E-state index in [9.17, 15) is 4.79 Å². The van der Waals surface area contributed by atoms with Gasteiger partial charge in [-0.2, -0.15) is 0 Å². The first kappa shape index (κ1) is 15.8. The molecule has 0 spiro atoms. The summed E-state index contributed by atoms with van der Waals surface area (Å²) < 4.78 is 2.05. The molecule has 1 aliphatic heterocycles. The smallest absolute Gasteiger partial charge is 0.220 e. The number of imidazole rings is 1. The average molecular weight is 313 g/mol. The summed E-state index contributed by atoms with van der Waals surface area (Å²) in [5.41, 5.74) is 0. The number of amides is 1. The van der Waals surface area contributed by atoms with E-state index in [1.165, 1.54) is 25.0 Å². The molecule has 20 heavy (non-hydrogen) atoms. The van der Waals surface area contributed by atoms with Crippen LogP contribution in [0.4, 0.5) is 0 Å². The van der Waals surface area contributed by atoms with E-state index in [4.69, 9.17) is 0 Å². The number of rotatable bonds is 8. The highest BCUT2D eigenvalue weighted by Gasteiger charge is 2.15. The van der Waals surface area contributed by atoms with Crippen molar-refractivity contribution in [1.82, 2.24) is 14.9 Å². The summed E-state index contributed by atoms with van der Waals surface area (Å²) in [6.07, 6.45) is 9.18. The lowest BCUT2D eigenvalue weighted by Crippen LogP contribution is -2.27. The van der Waals surface area contributed by atoms with Gasteiger partial charge in [-0.15, -0.1) is 0 Å². The third-order valence-electron chi connectivity index (χ3n) is 3.51. The first-order chi connectivity index (χ1) is 9.75. The van der Waals surface area contributed by atoms with Gasteiger partial charge in [0.05, 0.1) is 0 Å². The van der Waals surface area contributed by atoms with Crippen LogP contribution in [-0.4, -0.2) is 33.0 Å². The second-order valence-electron chi connectivity index (χ2n) is 5.09. The standard InChI is InChI=1S/C14H23N3OS2/c1-12-15-7-9-17(12)10-8-16-14(18)5-3-2-4-13-6-11-19-20-13/h7,9,13H,2-6,8,10-11H2,1H3,(H,16,18). The van der Waals surface area contributed by atoms with Gasteiger partial charge in [0.2, 0.25) is 5.91 Å². The number of carbonyl (C=O) groups excluding carboxylic acids is 1. The van der Waals surface area contributed by atoms with E-state index in [0.29, 0.717) is 13.0 Å². The molecule has 0 bridgehead atoms. The van der Waals surface area contributed by atoms with E-state index in [1.807, 2.05) is 34.7 Å². The van der Waals surface area contributed by atoms with Gasteiger partial charge in [-0.05, 0) is 26.2 Å². The van der Waals surface area contributed by atoms with Crippen LogP contribution in [-0.2, 0) is 11.3 Å². The lowest BCUT2D eigenvalue weighted by molar-refractivity contribution is -0.121. The van der Waals surface area contributed by atoms with Crippen LogP contribution in [0.25, 0.3) is 0 Å². The van der Waals surface area contributed by atoms with Crippen LogP contribution in [0.15, 0.2) is 12.4 Å². The zero-order valence-electron chi connectivity index (χ0n) is 12.0. The Balaban J connectivity index is 1.49. The third kappa shape index (κ3) is 5.40. The fourth-order valence-corrected chi connectivity index (χ4v) is 5.29. The molecule has 1 saturated heterocycles. The van der Waals surface area contributed by atoms with Gasteiger partial charge in [0, 0.05) is 42.9 Å². The van der Waals surface area contributed by atoms with E-state index in [0.717, 1.165) is 24.0 Å². The normalized spacial score (nSPS) is 18.4. The second-order valence-corrected chi connectivity index (χ2v) is 7.88. The SMILES string of the molecule is Cc1nccn1CCNC(=O)CCCCC1CCSS1. The maximum Gasteiger partial charge on any atom is 0.220 e.